The van der Waals surface area contributed by atoms with Gasteiger partial charge in [0.2, 0.25) is 9.84 Å². The van der Waals surface area contributed by atoms with Gasteiger partial charge in [-0.15, -0.1) is 0 Å². The van der Waals surface area contributed by atoms with E-state index in [0.717, 1.165) is 5.56 Å². The van der Waals surface area contributed by atoms with Crippen molar-refractivity contribution in [3.8, 4) is 0 Å². The third kappa shape index (κ3) is 2.90. The first-order valence-electron chi connectivity index (χ1n) is 7.30. The van der Waals surface area contributed by atoms with E-state index in [1.165, 1.54) is 12.1 Å². The summed E-state index contributed by atoms with van der Waals surface area (Å²) >= 11 is 0. The van der Waals surface area contributed by atoms with Gasteiger partial charge in [0, 0.05) is 0 Å². The maximum absolute atomic E-state index is 12.5. The van der Waals surface area contributed by atoms with E-state index in [2.05, 4.69) is 0 Å². The van der Waals surface area contributed by atoms with Crippen molar-refractivity contribution in [1.29, 1.82) is 0 Å². The lowest BCUT2D eigenvalue weighted by molar-refractivity contribution is -0.220. The van der Waals surface area contributed by atoms with E-state index in [9.17, 15) is 18.6 Å². The van der Waals surface area contributed by atoms with Crippen molar-refractivity contribution in [2.75, 3.05) is 0 Å². The number of sulfone groups is 1. The van der Waals surface area contributed by atoms with Crippen LogP contribution in [0.2, 0.25) is 0 Å². The minimum Gasteiger partial charge on any atom is -0.387 e. The molecular weight excluding hydrogens is 324 g/mol. The minimum atomic E-state index is -4.07. The van der Waals surface area contributed by atoms with Crippen LogP contribution in [0.25, 0.3) is 0 Å². The number of hydrogen-bond acceptors (Lipinski definition) is 7. The van der Waals surface area contributed by atoms with Crippen molar-refractivity contribution in [3.63, 3.8) is 0 Å². The Hall–Kier alpha value is -1.03. The zero-order valence-corrected chi connectivity index (χ0v) is 13.9. The van der Waals surface area contributed by atoms with Gasteiger partial charge in [-0.05, 0) is 32.9 Å². The van der Waals surface area contributed by atoms with Gasteiger partial charge in [-0.1, -0.05) is 17.7 Å². The zero-order valence-electron chi connectivity index (χ0n) is 13.0. The number of fused-ring (bicyclic) bond motifs is 1. The van der Waals surface area contributed by atoms with Gasteiger partial charge >= 0.3 is 0 Å². The Morgan fingerprint density at radius 3 is 2.35 bits per heavy atom. The Balaban J connectivity index is 1.81. The number of rotatable bonds is 3. The highest BCUT2D eigenvalue weighted by Crippen LogP contribution is 2.39. The highest BCUT2D eigenvalue weighted by atomic mass is 32.2. The van der Waals surface area contributed by atoms with Crippen LogP contribution in [0.3, 0.4) is 0 Å². The molecule has 1 aromatic rings. The second-order valence-corrected chi connectivity index (χ2v) is 8.35. The normalized spacial score (nSPS) is 34.3. The van der Waals surface area contributed by atoms with Crippen molar-refractivity contribution in [1.82, 2.24) is 0 Å². The van der Waals surface area contributed by atoms with E-state index in [1.54, 1.807) is 26.0 Å². The molecule has 5 atom stereocenters. The number of benzene rings is 1. The van der Waals surface area contributed by atoms with Gasteiger partial charge < -0.3 is 24.4 Å². The van der Waals surface area contributed by atoms with E-state index in [4.69, 9.17) is 14.2 Å². The van der Waals surface area contributed by atoms with E-state index < -0.39 is 45.7 Å². The molecule has 2 aliphatic rings. The van der Waals surface area contributed by atoms with Gasteiger partial charge in [-0.2, -0.15) is 0 Å². The van der Waals surface area contributed by atoms with Gasteiger partial charge in [0.15, 0.2) is 17.5 Å². The second kappa shape index (κ2) is 5.51. The number of hydrogen-bond donors (Lipinski definition) is 2. The largest absolute Gasteiger partial charge is 0.387 e. The molecule has 2 unspecified atom stereocenters. The molecule has 2 N–H and O–H groups in total. The smallest absolute Gasteiger partial charge is 0.207 e. The number of aliphatic hydroxyl groups excluding tert-OH is 2. The van der Waals surface area contributed by atoms with E-state index in [0.29, 0.717) is 0 Å². The van der Waals surface area contributed by atoms with Crippen LogP contribution in [-0.4, -0.2) is 54.5 Å². The standard InChI is InChI=1S/C15H20O7S/c1-8-4-6-9(7-5-8)23(18,19)13(17)11-10(16)12-14(20-11)22-15(2,3)21-12/h4-7,10-14,16-17H,1-3H3/t10-,11-,12+,13?,14?/m0/s1. The molecule has 0 bridgehead atoms. The fraction of sp³-hybridized carbons (Fsp3) is 0.600. The molecule has 7 nitrogen and oxygen atoms in total. The summed E-state index contributed by atoms with van der Waals surface area (Å²) in [5.41, 5.74) is -1.02. The number of aliphatic hydroxyl groups is 2. The van der Waals surface area contributed by atoms with Gasteiger partial charge in [0.05, 0.1) is 4.90 Å². The lowest BCUT2D eigenvalue weighted by Gasteiger charge is -2.25. The molecular formula is C15H20O7S. The highest BCUT2D eigenvalue weighted by Gasteiger charge is 2.57. The van der Waals surface area contributed by atoms with Crippen LogP contribution in [0.5, 0.6) is 0 Å². The Morgan fingerprint density at radius 2 is 1.78 bits per heavy atom. The van der Waals surface area contributed by atoms with E-state index in [1.807, 2.05) is 6.92 Å². The molecule has 2 heterocycles. The summed E-state index contributed by atoms with van der Waals surface area (Å²) in [6.45, 7) is 5.15. The summed E-state index contributed by atoms with van der Waals surface area (Å²) in [7, 11) is -4.07. The average molecular weight is 344 g/mol. The monoisotopic (exact) mass is 344 g/mol. The topological polar surface area (TPSA) is 102 Å². The molecule has 0 amide bonds. The van der Waals surface area contributed by atoms with E-state index >= 15 is 0 Å². The summed E-state index contributed by atoms with van der Waals surface area (Å²) < 4.78 is 41.3. The molecule has 0 aromatic heterocycles. The van der Waals surface area contributed by atoms with Crippen LogP contribution in [0, 0.1) is 6.92 Å². The molecule has 0 saturated carbocycles. The van der Waals surface area contributed by atoms with Gasteiger partial charge in [0.1, 0.15) is 18.3 Å². The van der Waals surface area contributed by atoms with Crippen LogP contribution in [0.4, 0.5) is 0 Å². The van der Waals surface area contributed by atoms with Gasteiger partial charge in [-0.3, -0.25) is 0 Å². The fourth-order valence-electron chi connectivity index (χ4n) is 2.80. The molecule has 0 spiro atoms. The van der Waals surface area contributed by atoms with Crippen molar-refractivity contribution in [2.45, 2.75) is 61.5 Å². The summed E-state index contributed by atoms with van der Waals surface area (Å²) in [5, 5.41) is 20.5. The number of aryl methyl sites for hydroxylation is 1. The third-order valence-electron chi connectivity index (χ3n) is 4.00. The van der Waals surface area contributed by atoms with Gasteiger partial charge in [0.25, 0.3) is 0 Å². The maximum Gasteiger partial charge on any atom is 0.207 e. The molecule has 3 rings (SSSR count). The number of ether oxygens (including phenoxy) is 3. The van der Waals surface area contributed by atoms with E-state index in [-0.39, 0.29) is 4.90 Å². The first-order chi connectivity index (χ1) is 10.6. The Morgan fingerprint density at radius 1 is 1.17 bits per heavy atom. The maximum atomic E-state index is 12.5. The lowest BCUT2D eigenvalue weighted by atomic mass is 10.1. The van der Waals surface area contributed by atoms with Gasteiger partial charge in [-0.25, -0.2) is 8.42 Å². The fourth-order valence-corrected chi connectivity index (χ4v) is 4.17. The van der Waals surface area contributed by atoms with Crippen LogP contribution < -0.4 is 0 Å². The quantitative estimate of drug-likeness (QED) is 0.814. The van der Waals surface area contributed by atoms with Crippen LogP contribution in [0.15, 0.2) is 29.2 Å². The Bertz CT molecular complexity index is 682. The predicted molar refractivity (Wildman–Crippen MR) is 79.1 cm³/mol. The summed E-state index contributed by atoms with van der Waals surface area (Å²) in [5.74, 6) is -0.929. The molecule has 0 radical (unpaired) electrons. The lowest BCUT2D eigenvalue weighted by Crippen LogP contribution is -2.44. The first kappa shape index (κ1) is 16.8. The molecule has 8 heteroatoms. The minimum absolute atomic E-state index is 0.0365. The highest BCUT2D eigenvalue weighted by molar-refractivity contribution is 7.92. The van der Waals surface area contributed by atoms with Crippen molar-refractivity contribution in [3.05, 3.63) is 29.8 Å². The molecule has 0 aliphatic carbocycles. The molecule has 23 heavy (non-hydrogen) atoms. The summed E-state index contributed by atoms with van der Waals surface area (Å²) in [6, 6.07) is 6.09. The zero-order chi connectivity index (χ0) is 17.0. The second-order valence-electron chi connectivity index (χ2n) is 6.31. The average Bonchev–Trinajstić information content (AvgIpc) is 2.92. The van der Waals surface area contributed by atoms with Crippen molar-refractivity contribution in [2.24, 2.45) is 0 Å². The molecule has 2 saturated heterocycles. The molecule has 2 fully saturated rings. The van der Waals surface area contributed by atoms with Crippen molar-refractivity contribution < 1.29 is 32.8 Å². The van der Waals surface area contributed by atoms with Crippen LogP contribution in [-0.2, 0) is 24.0 Å². The third-order valence-corrected chi connectivity index (χ3v) is 5.83. The predicted octanol–water partition coefficient (Wildman–Crippen LogP) is 0.324. The Kier molecular flexibility index (Phi) is 4.03. The van der Waals surface area contributed by atoms with Crippen molar-refractivity contribution >= 4 is 9.84 Å². The molecule has 128 valence electrons. The van der Waals surface area contributed by atoms with Crippen LogP contribution in [0.1, 0.15) is 19.4 Å². The first-order valence-corrected chi connectivity index (χ1v) is 8.84. The summed E-state index contributed by atoms with van der Waals surface area (Å²) in [6.07, 6.45) is -4.39. The molecule has 1 aromatic carbocycles. The Labute approximate surface area is 134 Å². The summed E-state index contributed by atoms with van der Waals surface area (Å²) in [4.78, 5) is -0.0365. The molecule has 2 aliphatic heterocycles. The SMILES string of the molecule is Cc1ccc(S(=O)(=O)C(O)[C@H]2OC3OC(C)(C)O[C@@H]3[C@H]2O)cc1. The van der Waals surface area contributed by atoms with Crippen LogP contribution >= 0.6 is 0 Å².